The van der Waals surface area contributed by atoms with Gasteiger partial charge in [0.15, 0.2) is 5.78 Å². The summed E-state index contributed by atoms with van der Waals surface area (Å²) in [5.41, 5.74) is 0.400. The van der Waals surface area contributed by atoms with Gasteiger partial charge in [0.2, 0.25) is 5.91 Å². The summed E-state index contributed by atoms with van der Waals surface area (Å²) in [7, 11) is 1.54. The molecule has 2 N–H and O–H groups in total. The Morgan fingerprint density at radius 2 is 1.90 bits per heavy atom. The average Bonchev–Trinajstić information content (AvgIpc) is 2.74. The Morgan fingerprint density at radius 3 is 2.35 bits per heavy atom. The van der Waals surface area contributed by atoms with Crippen molar-refractivity contribution < 1.29 is 14.4 Å². The van der Waals surface area contributed by atoms with E-state index in [4.69, 9.17) is 0 Å². The molecule has 0 saturated carbocycles. The highest BCUT2D eigenvalue weighted by atomic mass is 16.2. The number of hydrogen-bond acceptors (Lipinski definition) is 3. The van der Waals surface area contributed by atoms with E-state index in [0.29, 0.717) is 11.3 Å². The summed E-state index contributed by atoms with van der Waals surface area (Å²) in [6.07, 6.45) is 1.48. The first-order valence-electron chi connectivity index (χ1n) is 6.36. The van der Waals surface area contributed by atoms with Gasteiger partial charge in [-0.1, -0.05) is 0 Å². The number of hydrogen-bond donors (Lipinski definition) is 2. The minimum Gasteiger partial charge on any atom is -0.356 e. The minimum absolute atomic E-state index is 0.0372. The van der Waals surface area contributed by atoms with Gasteiger partial charge in [0.1, 0.15) is 5.69 Å². The fourth-order valence-electron chi connectivity index (χ4n) is 1.67. The number of amides is 2. The molecule has 1 rings (SSSR count). The first-order chi connectivity index (χ1) is 9.10. The van der Waals surface area contributed by atoms with Gasteiger partial charge in [-0.2, -0.15) is 0 Å². The molecule has 1 aromatic heterocycles. The number of H-pyrrole nitrogens is 1. The van der Waals surface area contributed by atoms with Crippen LogP contribution in [0, 0.1) is 0 Å². The molecule has 0 radical (unpaired) electrons. The number of nitrogens with zero attached hydrogens (tertiary/aromatic N) is 1. The van der Waals surface area contributed by atoms with Crippen LogP contribution in [0.3, 0.4) is 0 Å². The van der Waals surface area contributed by atoms with E-state index in [-0.39, 0.29) is 29.7 Å². The molecule has 0 fully saturated rings. The zero-order chi connectivity index (χ0) is 15.5. The highest BCUT2D eigenvalue weighted by Gasteiger charge is 2.20. The monoisotopic (exact) mass is 279 g/mol. The van der Waals surface area contributed by atoms with Gasteiger partial charge in [-0.05, 0) is 33.8 Å². The third kappa shape index (κ3) is 4.53. The van der Waals surface area contributed by atoms with Gasteiger partial charge in [-0.3, -0.25) is 14.4 Å². The second-order valence-electron chi connectivity index (χ2n) is 5.82. The molecule has 0 unspecified atom stereocenters. The van der Waals surface area contributed by atoms with Gasteiger partial charge >= 0.3 is 0 Å². The molecule has 6 heteroatoms. The molecule has 0 aliphatic rings. The van der Waals surface area contributed by atoms with Gasteiger partial charge in [-0.15, -0.1) is 0 Å². The molecule has 20 heavy (non-hydrogen) atoms. The van der Waals surface area contributed by atoms with E-state index in [1.54, 1.807) is 7.05 Å². The Morgan fingerprint density at radius 1 is 1.30 bits per heavy atom. The van der Waals surface area contributed by atoms with Crippen LogP contribution < -0.4 is 5.32 Å². The third-order valence-corrected chi connectivity index (χ3v) is 2.56. The highest BCUT2D eigenvalue weighted by molar-refractivity contribution is 5.99. The molecular formula is C14H21N3O3. The van der Waals surface area contributed by atoms with Crippen LogP contribution in [0.15, 0.2) is 12.3 Å². The van der Waals surface area contributed by atoms with E-state index in [2.05, 4.69) is 10.3 Å². The fourth-order valence-corrected chi connectivity index (χ4v) is 1.67. The number of carbonyl (C=O) groups is 3. The number of aromatic nitrogens is 1. The quantitative estimate of drug-likeness (QED) is 0.813. The number of rotatable bonds is 4. The van der Waals surface area contributed by atoms with Crippen LogP contribution in [-0.4, -0.2) is 46.6 Å². The van der Waals surface area contributed by atoms with Crippen molar-refractivity contribution in [3.63, 3.8) is 0 Å². The van der Waals surface area contributed by atoms with Crippen molar-refractivity contribution in [3.05, 3.63) is 23.5 Å². The SMILES string of the molecule is CC(=O)c1c[nH]c(C(=O)N(C)CC(=O)NC(C)(C)C)c1. The van der Waals surface area contributed by atoms with Crippen molar-refractivity contribution in [2.24, 2.45) is 0 Å². The van der Waals surface area contributed by atoms with Gasteiger partial charge in [0, 0.05) is 24.3 Å². The Balaban J connectivity index is 2.67. The van der Waals surface area contributed by atoms with Crippen LogP contribution in [0.5, 0.6) is 0 Å². The fraction of sp³-hybridized carbons (Fsp3) is 0.500. The topological polar surface area (TPSA) is 82.3 Å². The second-order valence-corrected chi connectivity index (χ2v) is 5.82. The smallest absolute Gasteiger partial charge is 0.270 e. The molecule has 0 aromatic carbocycles. The molecule has 6 nitrogen and oxygen atoms in total. The van der Waals surface area contributed by atoms with Gasteiger partial charge in [0.25, 0.3) is 5.91 Å². The lowest BCUT2D eigenvalue weighted by atomic mass is 10.1. The summed E-state index contributed by atoms with van der Waals surface area (Å²) in [5.74, 6) is -0.679. The predicted octanol–water partition coefficient (Wildman–Crippen LogP) is 1.20. The van der Waals surface area contributed by atoms with Crippen molar-refractivity contribution in [3.8, 4) is 0 Å². The highest BCUT2D eigenvalue weighted by Crippen LogP contribution is 2.07. The molecule has 2 amide bonds. The van der Waals surface area contributed by atoms with Crippen LogP contribution >= 0.6 is 0 Å². The molecule has 1 aromatic rings. The first kappa shape index (κ1) is 15.9. The van der Waals surface area contributed by atoms with Crippen LogP contribution in [0.1, 0.15) is 48.5 Å². The van der Waals surface area contributed by atoms with Crippen LogP contribution in [-0.2, 0) is 4.79 Å². The molecule has 110 valence electrons. The zero-order valence-corrected chi connectivity index (χ0v) is 12.5. The molecule has 0 saturated heterocycles. The van der Waals surface area contributed by atoms with Crippen molar-refractivity contribution in [1.82, 2.24) is 15.2 Å². The zero-order valence-electron chi connectivity index (χ0n) is 12.5. The van der Waals surface area contributed by atoms with E-state index >= 15 is 0 Å². The third-order valence-electron chi connectivity index (χ3n) is 2.56. The number of carbonyl (C=O) groups excluding carboxylic acids is 3. The van der Waals surface area contributed by atoms with Crippen molar-refractivity contribution in [2.45, 2.75) is 33.2 Å². The van der Waals surface area contributed by atoms with Crippen molar-refractivity contribution in [2.75, 3.05) is 13.6 Å². The van der Waals surface area contributed by atoms with Crippen LogP contribution in [0.2, 0.25) is 0 Å². The normalized spacial score (nSPS) is 11.1. The van der Waals surface area contributed by atoms with E-state index in [1.807, 2.05) is 20.8 Å². The second kappa shape index (κ2) is 5.90. The Kier molecular flexibility index (Phi) is 4.70. The predicted molar refractivity (Wildman–Crippen MR) is 75.7 cm³/mol. The summed E-state index contributed by atoms with van der Waals surface area (Å²) in [6.45, 7) is 7.01. The largest absolute Gasteiger partial charge is 0.356 e. The lowest BCUT2D eigenvalue weighted by Gasteiger charge is -2.23. The number of nitrogens with one attached hydrogen (secondary N) is 2. The maximum Gasteiger partial charge on any atom is 0.270 e. The van der Waals surface area contributed by atoms with E-state index in [1.165, 1.54) is 24.1 Å². The molecule has 0 aliphatic heterocycles. The van der Waals surface area contributed by atoms with E-state index in [9.17, 15) is 14.4 Å². The summed E-state index contributed by atoms with van der Waals surface area (Å²) >= 11 is 0. The van der Waals surface area contributed by atoms with Crippen LogP contribution in [0.25, 0.3) is 0 Å². The summed E-state index contributed by atoms with van der Waals surface area (Å²) in [4.78, 5) is 39.1. The number of likely N-dealkylation sites (N-methyl/N-ethyl adjacent to an activating group) is 1. The molecule has 0 spiro atoms. The Hall–Kier alpha value is -2.11. The standard InChI is InChI=1S/C14H21N3O3/c1-9(18)10-6-11(15-7-10)13(20)17(5)8-12(19)16-14(2,3)4/h6-7,15H,8H2,1-5H3,(H,16,19). The number of ketones is 1. The molecular weight excluding hydrogens is 258 g/mol. The summed E-state index contributed by atoms with van der Waals surface area (Å²) < 4.78 is 0. The Labute approximate surface area is 118 Å². The average molecular weight is 279 g/mol. The first-order valence-corrected chi connectivity index (χ1v) is 6.36. The number of aromatic amines is 1. The van der Waals surface area contributed by atoms with Crippen LogP contribution in [0.4, 0.5) is 0 Å². The summed E-state index contributed by atoms with van der Waals surface area (Å²) in [5, 5.41) is 2.78. The summed E-state index contributed by atoms with van der Waals surface area (Å²) in [6, 6.07) is 1.49. The van der Waals surface area contributed by atoms with Gasteiger partial charge < -0.3 is 15.2 Å². The number of Topliss-reactive ketones (excluding diaryl/α,β-unsaturated/α-hetero) is 1. The lowest BCUT2D eigenvalue weighted by molar-refractivity contribution is -0.122. The van der Waals surface area contributed by atoms with Crippen molar-refractivity contribution in [1.29, 1.82) is 0 Å². The molecule has 1 heterocycles. The molecule has 0 bridgehead atoms. The molecule has 0 atom stereocenters. The minimum atomic E-state index is -0.338. The van der Waals surface area contributed by atoms with E-state index in [0.717, 1.165) is 0 Å². The molecule has 0 aliphatic carbocycles. The van der Waals surface area contributed by atoms with Crippen molar-refractivity contribution >= 4 is 17.6 Å². The maximum absolute atomic E-state index is 12.1. The maximum atomic E-state index is 12.1. The van der Waals surface area contributed by atoms with E-state index < -0.39 is 0 Å². The Bertz CT molecular complexity index is 526. The van der Waals surface area contributed by atoms with Gasteiger partial charge in [0.05, 0.1) is 6.54 Å². The lowest BCUT2D eigenvalue weighted by Crippen LogP contribution is -2.46. The van der Waals surface area contributed by atoms with Gasteiger partial charge in [-0.25, -0.2) is 0 Å².